The van der Waals surface area contributed by atoms with Gasteiger partial charge in [-0.15, -0.1) is 0 Å². The van der Waals surface area contributed by atoms with Gasteiger partial charge in [0, 0.05) is 12.8 Å². The van der Waals surface area contributed by atoms with Crippen LogP contribution in [0.25, 0.3) is 0 Å². The second-order valence-electron chi connectivity index (χ2n) is 13.1. The summed E-state index contributed by atoms with van der Waals surface area (Å²) < 4.78 is 5.93. The standard InChI is InChI=1S/C40H74O4/c1-3-5-7-9-11-13-15-17-18-20-22-24-26-28-33-37-40(43)44-38(35-31-29-32-36-39(41)42)34-30-27-25-23-21-19-16-14-12-10-8-6-4-2/h11,13,17-18,38H,3-10,12,14-16,19-37H2,1-2H3,(H,41,42)/b13-11-,18-17-. The van der Waals surface area contributed by atoms with Gasteiger partial charge in [0.25, 0.3) is 0 Å². The maximum Gasteiger partial charge on any atom is 0.306 e. The first kappa shape index (κ1) is 42.4. The first-order valence-corrected chi connectivity index (χ1v) is 19.3. The third-order valence-corrected chi connectivity index (χ3v) is 8.68. The molecule has 1 unspecified atom stereocenters. The van der Waals surface area contributed by atoms with Gasteiger partial charge in [-0.3, -0.25) is 9.59 Å². The topological polar surface area (TPSA) is 63.6 Å². The van der Waals surface area contributed by atoms with Gasteiger partial charge in [0.15, 0.2) is 0 Å². The van der Waals surface area contributed by atoms with Crippen LogP contribution in [0.4, 0.5) is 0 Å². The molecule has 0 saturated heterocycles. The van der Waals surface area contributed by atoms with Crippen molar-refractivity contribution in [2.45, 2.75) is 219 Å². The van der Waals surface area contributed by atoms with Crippen molar-refractivity contribution in [1.29, 1.82) is 0 Å². The summed E-state index contributed by atoms with van der Waals surface area (Å²) in [5, 5.41) is 8.88. The van der Waals surface area contributed by atoms with Gasteiger partial charge < -0.3 is 9.84 Å². The molecule has 4 nitrogen and oxygen atoms in total. The molecule has 0 bridgehead atoms. The van der Waals surface area contributed by atoms with E-state index in [0.29, 0.717) is 12.8 Å². The number of ether oxygens (including phenoxy) is 1. The van der Waals surface area contributed by atoms with Crippen LogP contribution in [-0.2, 0) is 14.3 Å². The van der Waals surface area contributed by atoms with Crippen LogP contribution in [-0.4, -0.2) is 23.1 Å². The quantitative estimate of drug-likeness (QED) is 0.0436. The molecule has 0 aromatic rings. The molecule has 0 aliphatic rings. The summed E-state index contributed by atoms with van der Waals surface area (Å²) >= 11 is 0. The summed E-state index contributed by atoms with van der Waals surface area (Å²) in [5.41, 5.74) is 0. The maximum absolute atomic E-state index is 12.6. The van der Waals surface area contributed by atoms with E-state index in [4.69, 9.17) is 9.84 Å². The van der Waals surface area contributed by atoms with Crippen LogP contribution in [0.3, 0.4) is 0 Å². The molecule has 0 aromatic carbocycles. The van der Waals surface area contributed by atoms with E-state index in [0.717, 1.165) is 57.8 Å². The van der Waals surface area contributed by atoms with Crippen molar-refractivity contribution in [3.8, 4) is 0 Å². The molecule has 0 fully saturated rings. The zero-order valence-electron chi connectivity index (χ0n) is 29.5. The predicted molar refractivity (Wildman–Crippen MR) is 190 cm³/mol. The van der Waals surface area contributed by atoms with E-state index in [-0.39, 0.29) is 18.5 Å². The van der Waals surface area contributed by atoms with Gasteiger partial charge in [-0.1, -0.05) is 154 Å². The second-order valence-corrected chi connectivity index (χ2v) is 13.1. The highest BCUT2D eigenvalue weighted by Gasteiger charge is 2.14. The van der Waals surface area contributed by atoms with E-state index in [9.17, 15) is 9.59 Å². The molecular formula is C40H74O4. The number of carbonyl (C=O) groups excluding carboxylic acids is 1. The highest BCUT2D eigenvalue weighted by atomic mass is 16.5. The first-order valence-electron chi connectivity index (χ1n) is 19.3. The largest absolute Gasteiger partial charge is 0.481 e. The number of carboxylic acid groups (broad SMARTS) is 1. The average molecular weight is 619 g/mol. The van der Waals surface area contributed by atoms with E-state index in [2.05, 4.69) is 38.2 Å². The number of hydrogen-bond acceptors (Lipinski definition) is 3. The lowest BCUT2D eigenvalue weighted by Crippen LogP contribution is -2.18. The molecule has 0 saturated carbocycles. The van der Waals surface area contributed by atoms with Gasteiger partial charge in [0.05, 0.1) is 0 Å². The number of rotatable bonds is 35. The Balaban J connectivity index is 3.97. The molecule has 0 rings (SSSR count). The van der Waals surface area contributed by atoms with Crippen molar-refractivity contribution in [3.05, 3.63) is 24.3 Å². The third-order valence-electron chi connectivity index (χ3n) is 8.68. The van der Waals surface area contributed by atoms with Crippen molar-refractivity contribution in [2.75, 3.05) is 0 Å². The fraction of sp³-hybridized carbons (Fsp3) is 0.850. The summed E-state index contributed by atoms with van der Waals surface area (Å²) in [4.78, 5) is 23.4. The number of hydrogen-bond donors (Lipinski definition) is 1. The molecule has 44 heavy (non-hydrogen) atoms. The summed E-state index contributed by atoms with van der Waals surface area (Å²) in [6, 6.07) is 0. The molecule has 258 valence electrons. The average Bonchev–Trinajstić information content (AvgIpc) is 3.00. The number of esters is 1. The Morgan fingerprint density at radius 3 is 1.41 bits per heavy atom. The molecule has 4 heteroatoms. The number of aliphatic carboxylic acids is 1. The third kappa shape index (κ3) is 34.9. The van der Waals surface area contributed by atoms with Crippen LogP contribution in [0.2, 0.25) is 0 Å². The van der Waals surface area contributed by atoms with Gasteiger partial charge in [-0.25, -0.2) is 0 Å². The zero-order valence-corrected chi connectivity index (χ0v) is 29.5. The number of allylic oxidation sites excluding steroid dienone is 4. The maximum atomic E-state index is 12.6. The van der Waals surface area contributed by atoms with Gasteiger partial charge in [-0.2, -0.15) is 0 Å². The highest BCUT2D eigenvalue weighted by Crippen LogP contribution is 2.19. The summed E-state index contributed by atoms with van der Waals surface area (Å²) in [7, 11) is 0. The van der Waals surface area contributed by atoms with Crippen LogP contribution in [0.5, 0.6) is 0 Å². The van der Waals surface area contributed by atoms with E-state index >= 15 is 0 Å². The van der Waals surface area contributed by atoms with Crippen LogP contribution in [0.15, 0.2) is 24.3 Å². The Kier molecular flexibility index (Phi) is 34.6. The Hall–Kier alpha value is -1.58. The molecule has 0 aromatic heterocycles. The Morgan fingerprint density at radius 1 is 0.500 bits per heavy atom. The van der Waals surface area contributed by atoms with Gasteiger partial charge in [0.1, 0.15) is 6.10 Å². The summed E-state index contributed by atoms with van der Waals surface area (Å²) in [6.07, 6.45) is 44.7. The van der Waals surface area contributed by atoms with E-state index < -0.39 is 5.97 Å². The molecule has 1 atom stereocenters. The molecule has 1 N–H and O–H groups in total. The molecule has 0 radical (unpaired) electrons. The fourth-order valence-corrected chi connectivity index (χ4v) is 5.80. The highest BCUT2D eigenvalue weighted by molar-refractivity contribution is 5.69. The normalized spacial score (nSPS) is 12.4. The Labute approximate surface area is 274 Å². The summed E-state index contributed by atoms with van der Waals surface area (Å²) in [6.45, 7) is 4.52. The van der Waals surface area contributed by atoms with Crippen LogP contribution < -0.4 is 0 Å². The Morgan fingerprint density at radius 2 is 0.886 bits per heavy atom. The lowest BCUT2D eigenvalue weighted by molar-refractivity contribution is -0.150. The van der Waals surface area contributed by atoms with E-state index in [1.165, 1.54) is 122 Å². The molecule has 0 amide bonds. The number of carboxylic acids is 1. The smallest absolute Gasteiger partial charge is 0.306 e. The monoisotopic (exact) mass is 619 g/mol. The van der Waals surface area contributed by atoms with Gasteiger partial charge in [-0.05, 0) is 70.6 Å². The second kappa shape index (κ2) is 35.9. The first-order chi connectivity index (χ1) is 21.6. The number of unbranched alkanes of at least 4 members (excludes halogenated alkanes) is 22. The van der Waals surface area contributed by atoms with E-state index in [1.807, 2.05) is 0 Å². The van der Waals surface area contributed by atoms with Crippen LogP contribution >= 0.6 is 0 Å². The van der Waals surface area contributed by atoms with Crippen molar-refractivity contribution < 1.29 is 19.4 Å². The van der Waals surface area contributed by atoms with Crippen molar-refractivity contribution >= 4 is 11.9 Å². The minimum absolute atomic E-state index is 0.00184. The van der Waals surface area contributed by atoms with Crippen molar-refractivity contribution in [3.63, 3.8) is 0 Å². The minimum atomic E-state index is -0.725. The zero-order chi connectivity index (χ0) is 32.2. The molecule has 0 aliphatic carbocycles. The number of carbonyl (C=O) groups is 2. The van der Waals surface area contributed by atoms with Crippen molar-refractivity contribution in [1.82, 2.24) is 0 Å². The summed E-state index contributed by atoms with van der Waals surface area (Å²) in [5.74, 6) is -0.766. The SMILES string of the molecule is CCCCC/C=C\C/C=C\CCCCCCCC(=O)OC(CCCCCCCCCCCCCCC)CCCCCC(=O)O. The van der Waals surface area contributed by atoms with Crippen LogP contribution in [0.1, 0.15) is 213 Å². The predicted octanol–water partition coefficient (Wildman–Crippen LogP) is 13.2. The van der Waals surface area contributed by atoms with Gasteiger partial charge >= 0.3 is 11.9 Å². The fourth-order valence-electron chi connectivity index (χ4n) is 5.80. The lowest BCUT2D eigenvalue weighted by atomic mass is 10.0. The molecule has 0 heterocycles. The minimum Gasteiger partial charge on any atom is -0.481 e. The van der Waals surface area contributed by atoms with Gasteiger partial charge in [0.2, 0.25) is 0 Å². The molecular weight excluding hydrogens is 544 g/mol. The lowest BCUT2D eigenvalue weighted by Gasteiger charge is -2.18. The van der Waals surface area contributed by atoms with Crippen molar-refractivity contribution in [2.24, 2.45) is 0 Å². The van der Waals surface area contributed by atoms with Crippen LogP contribution in [0, 0.1) is 0 Å². The Bertz CT molecular complexity index is 668. The molecule has 0 spiro atoms. The van der Waals surface area contributed by atoms with E-state index in [1.54, 1.807) is 0 Å². The molecule has 0 aliphatic heterocycles.